The third-order valence-corrected chi connectivity index (χ3v) is 4.86. The second-order valence-corrected chi connectivity index (χ2v) is 7.14. The molecule has 9 heteroatoms. The molecular formula is C22H21N5O4. The van der Waals surface area contributed by atoms with E-state index in [-0.39, 0.29) is 37.1 Å². The van der Waals surface area contributed by atoms with Gasteiger partial charge in [-0.25, -0.2) is 0 Å². The van der Waals surface area contributed by atoms with Gasteiger partial charge < -0.3 is 20.5 Å². The van der Waals surface area contributed by atoms with Crippen LogP contribution in [0.25, 0.3) is 0 Å². The molecule has 4 rings (SSSR count). The number of carbonyl (C=O) groups excluding carboxylic acids is 3. The van der Waals surface area contributed by atoms with E-state index in [0.717, 1.165) is 5.56 Å². The number of anilines is 1. The van der Waals surface area contributed by atoms with E-state index in [4.69, 9.17) is 4.52 Å². The van der Waals surface area contributed by atoms with Gasteiger partial charge in [-0.2, -0.15) is 4.98 Å². The minimum atomic E-state index is -0.800. The second kappa shape index (κ2) is 9.21. The summed E-state index contributed by atoms with van der Waals surface area (Å²) in [6.07, 6.45) is 0.761. The van der Waals surface area contributed by atoms with Crippen LogP contribution in [0.1, 0.15) is 40.5 Å². The fourth-order valence-electron chi connectivity index (χ4n) is 3.26. The van der Waals surface area contributed by atoms with Gasteiger partial charge in [0.1, 0.15) is 6.04 Å². The molecule has 1 atom stereocenters. The zero-order valence-corrected chi connectivity index (χ0v) is 16.6. The van der Waals surface area contributed by atoms with Gasteiger partial charge in [0.2, 0.25) is 17.7 Å². The van der Waals surface area contributed by atoms with Crippen LogP contribution in [-0.4, -0.2) is 33.9 Å². The van der Waals surface area contributed by atoms with Crippen molar-refractivity contribution < 1.29 is 18.9 Å². The summed E-state index contributed by atoms with van der Waals surface area (Å²) in [7, 11) is 0. The number of rotatable bonds is 7. The molecule has 2 aromatic carbocycles. The minimum absolute atomic E-state index is 0.0553. The van der Waals surface area contributed by atoms with Gasteiger partial charge in [0.25, 0.3) is 5.91 Å². The number of nitrogens with one attached hydrogen (secondary N) is 3. The standard InChI is InChI=1S/C22H21N5O4/c28-19(23-13-20-26-18(27-31-20)12-14-6-2-1-3-7-14)11-10-17-22(30)24-16-9-5-4-8-15(16)21(29)25-17/h1-9,17H,10-13H2,(H,23,28)(H,24,30)(H,25,29). The first kappa shape index (κ1) is 20.3. The lowest BCUT2D eigenvalue weighted by Gasteiger charge is -2.14. The first-order valence-electron chi connectivity index (χ1n) is 9.91. The van der Waals surface area contributed by atoms with Crippen LogP contribution in [0.3, 0.4) is 0 Å². The average Bonchev–Trinajstić information content (AvgIpc) is 3.18. The van der Waals surface area contributed by atoms with E-state index in [9.17, 15) is 14.4 Å². The number of hydrogen-bond acceptors (Lipinski definition) is 6. The lowest BCUT2D eigenvalue weighted by Crippen LogP contribution is -2.42. The van der Waals surface area contributed by atoms with Crippen LogP contribution < -0.4 is 16.0 Å². The molecule has 0 fully saturated rings. The molecule has 158 valence electrons. The number of para-hydroxylation sites is 1. The van der Waals surface area contributed by atoms with E-state index in [0.29, 0.717) is 29.4 Å². The van der Waals surface area contributed by atoms with Crippen LogP contribution in [0.15, 0.2) is 59.1 Å². The van der Waals surface area contributed by atoms with Crippen LogP contribution in [-0.2, 0) is 22.6 Å². The van der Waals surface area contributed by atoms with Crippen molar-refractivity contribution >= 4 is 23.4 Å². The van der Waals surface area contributed by atoms with Crippen LogP contribution in [0.5, 0.6) is 0 Å². The number of benzene rings is 2. The summed E-state index contributed by atoms with van der Waals surface area (Å²) in [6.45, 7) is 0.0925. The molecule has 0 saturated heterocycles. The Bertz CT molecular complexity index is 1100. The molecule has 31 heavy (non-hydrogen) atoms. The summed E-state index contributed by atoms with van der Waals surface area (Å²) < 4.78 is 5.17. The smallest absolute Gasteiger partial charge is 0.254 e. The molecule has 1 aromatic heterocycles. The van der Waals surface area contributed by atoms with Gasteiger partial charge in [-0.3, -0.25) is 14.4 Å². The van der Waals surface area contributed by atoms with Crippen molar-refractivity contribution in [2.24, 2.45) is 0 Å². The summed E-state index contributed by atoms with van der Waals surface area (Å²) in [4.78, 5) is 41.2. The molecule has 3 N–H and O–H groups in total. The van der Waals surface area contributed by atoms with Gasteiger partial charge in [0, 0.05) is 12.8 Å². The summed E-state index contributed by atoms with van der Waals surface area (Å²) >= 11 is 0. The summed E-state index contributed by atoms with van der Waals surface area (Å²) in [6, 6.07) is 15.7. The van der Waals surface area contributed by atoms with E-state index >= 15 is 0 Å². The lowest BCUT2D eigenvalue weighted by atomic mass is 10.1. The third-order valence-electron chi connectivity index (χ3n) is 4.86. The van der Waals surface area contributed by atoms with Gasteiger partial charge in [-0.15, -0.1) is 0 Å². The third kappa shape index (κ3) is 5.13. The first-order valence-corrected chi connectivity index (χ1v) is 9.91. The maximum Gasteiger partial charge on any atom is 0.254 e. The molecule has 0 bridgehead atoms. The Morgan fingerprint density at radius 3 is 2.68 bits per heavy atom. The highest BCUT2D eigenvalue weighted by atomic mass is 16.5. The Balaban J connectivity index is 1.25. The van der Waals surface area contributed by atoms with Crippen LogP contribution in [0, 0.1) is 0 Å². The van der Waals surface area contributed by atoms with Crippen LogP contribution >= 0.6 is 0 Å². The predicted octanol–water partition coefficient (Wildman–Crippen LogP) is 1.81. The molecule has 1 unspecified atom stereocenters. The maximum absolute atomic E-state index is 12.4. The number of amides is 3. The Morgan fingerprint density at radius 1 is 1.06 bits per heavy atom. The Kier molecular flexibility index (Phi) is 6.02. The first-order chi connectivity index (χ1) is 15.1. The van der Waals surface area contributed by atoms with Crippen molar-refractivity contribution in [2.45, 2.75) is 31.8 Å². The number of aromatic nitrogens is 2. The summed E-state index contributed by atoms with van der Waals surface area (Å²) in [5.74, 6) is -0.153. The highest BCUT2D eigenvalue weighted by Gasteiger charge is 2.27. The molecule has 9 nitrogen and oxygen atoms in total. The van der Waals surface area contributed by atoms with Gasteiger partial charge in [-0.05, 0) is 24.1 Å². The molecular weight excluding hydrogens is 398 g/mol. The predicted molar refractivity (Wildman–Crippen MR) is 111 cm³/mol. The molecule has 1 aliphatic heterocycles. The molecule has 3 aromatic rings. The van der Waals surface area contributed by atoms with Crippen molar-refractivity contribution in [3.05, 3.63) is 77.4 Å². The number of nitrogens with zero attached hydrogens (tertiary/aromatic N) is 2. The largest absolute Gasteiger partial charge is 0.347 e. The Hall–Kier alpha value is -4.01. The van der Waals surface area contributed by atoms with E-state index in [1.165, 1.54) is 0 Å². The van der Waals surface area contributed by atoms with Crippen molar-refractivity contribution in [3.63, 3.8) is 0 Å². The fourth-order valence-corrected chi connectivity index (χ4v) is 3.26. The maximum atomic E-state index is 12.4. The van der Waals surface area contributed by atoms with Gasteiger partial charge >= 0.3 is 0 Å². The molecule has 0 aliphatic carbocycles. The van der Waals surface area contributed by atoms with Crippen molar-refractivity contribution in [1.82, 2.24) is 20.8 Å². The van der Waals surface area contributed by atoms with Crippen molar-refractivity contribution in [3.8, 4) is 0 Å². The molecule has 1 aliphatic rings. The van der Waals surface area contributed by atoms with E-state index in [1.54, 1.807) is 24.3 Å². The van der Waals surface area contributed by atoms with Gasteiger partial charge in [0.15, 0.2) is 5.82 Å². The van der Waals surface area contributed by atoms with E-state index in [1.807, 2.05) is 30.3 Å². The fraction of sp³-hybridized carbons (Fsp3) is 0.227. The SMILES string of the molecule is O=C(CCC1NC(=O)c2ccccc2NC1=O)NCc1nc(Cc2ccccc2)no1. The van der Waals surface area contributed by atoms with Gasteiger partial charge in [0.05, 0.1) is 17.8 Å². The molecule has 0 radical (unpaired) electrons. The minimum Gasteiger partial charge on any atom is -0.347 e. The molecule has 0 saturated carbocycles. The summed E-state index contributed by atoms with van der Waals surface area (Å²) in [5, 5.41) is 12.0. The van der Waals surface area contributed by atoms with E-state index in [2.05, 4.69) is 26.1 Å². The normalized spacial score (nSPS) is 15.4. The second-order valence-electron chi connectivity index (χ2n) is 7.14. The quantitative estimate of drug-likeness (QED) is 0.536. The zero-order chi connectivity index (χ0) is 21.6. The topological polar surface area (TPSA) is 126 Å². The monoisotopic (exact) mass is 419 g/mol. The Morgan fingerprint density at radius 2 is 1.84 bits per heavy atom. The van der Waals surface area contributed by atoms with Crippen LogP contribution in [0.4, 0.5) is 5.69 Å². The molecule has 2 heterocycles. The van der Waals surface area contributed by atoms with Crippen molar-refractivity contribution in [1.29, 1.82) is 0 Å². The van der Waals surface area contributed by atoms with E-state index < -0.39 is 6.04 Å². The number of hydrogen-bond donors (Lipinski definition) is 3. The average molecular weight is 419 g/mol. The zero-order valence-electron chi connectivity index (χ0n) is 16.6. The lowest BCUT2D eigenvalue weighted by molar-refractivity contribution is -0.122. The Labute approximate surface area is 178 Å². The van der Waals surface area contributed by atoms with Crippen molar-refractivity contribution in [2.75, 3.05) is 5.32 Å². The van der Waals surface area contributed by atoms with Crippen LogP contribution in [0.2, 0.25) is 0 Å². The number of carbonyl (C=O) groups is 3. The summed E-state index contributed by atoms with van der Waals surface area (Å²) in [5.41, 5.74) is 1.91. The molecule has 3 amide bonds. The van der Waals surface area contributed by atoms with Gasteiger partial charge in [-0.1, -0.05) is 47.6 Å². The highest BCUT2D eigenvalue weighted by molar-refractivity contribution is 6.09. The highest BCUT2D eigenvalue weighted by Crippen LogP contribution is 2.19. The number of fused-ring (bicyclic) bond motifs is 1. The molecule has 0 spiro atoms.